The van der Waals surface area contributed by atoms with Crippen molar-refractivity contribution in [1.29, 1.82) is 0 Å². The lowest BCUT2D eigenvalue weighted by Crippen LogP contribution is -2.45. The van der Waals surface area contributed by atoms with Crippen LogP contribution in [0, 0.1) is 11.2 Å². The number of nitrogens with zero attached hydrogens (tertiary/aromatic N) is 4. The molecule has 4 rings (SSSR count). The molecule has 2 aliphatic heterocycles. The molecule has 9 nitrogen and oxygen atoms in total. The number of piperidine rings is 1. The number of anilines is 1. The minimum atomic E-state index is -5.08. The van der Waals surface area contributed by atoms with Gasteiger partial charge in [0.05, 0.1) is 24.9 Å². The van der Waals surface area contributed by atoms with Crippen molar-refractivity contribution in [3.05, 3.63) is 42.4 Å². The van der Waals surface area contributed by atoms with Crippen LogP contribution in [0.15, 0.2) is 35.4 Å². The maximum Gasteiger partial charge on any atom is 0.490 e. The van der Waals surface area contributed by atoms with Gasteiger partial charge in [-0.3, -0.25) is 4.90 Å². The molecule has 2 fully saturated rings. The maximum absolute atomic E-state index is 13.0. The number of carboxylic acid groups (broad SMARTS) is 2. The molecule has 0 amide bonds. The molecule has 0 aliphatic carbocycles. The van der Waals surface area contributed by atoms with E-state index in [9.17, 15) is 30.7 Å². The number of alkyl halides is 6. The van der Waals surface area contributed by atoms with Crippen LogP contribution in [0.2, 0.25) is 0 Å². The summed E-state index contributed by atoms with van der Waals surface area (Å²) in [5.41, 5.74) is 1.54. The summed E-state index contributed by atoms with van der Waals surface area (Å²) < 4.78 is 81.7. The van der Waals surface area contributed by atoms with Crippen molar-refractivity contribution < 1.29 is 55.0 Å². The van der Waals surface area contributed by atoms with Gasteiger partial charge in [0.25, 0.3) is 0 Å². The van der Waals surface area contributed by atoms with Crippen LogP contribution in [0.4, 0.5) is 36.7 Å². The highest BCUT2D eigenvalue weighted by Crippen LogP contribution is 2.40. The normalized spacial score (nSPS) is 20.0. The van der Waals surface area contributed by atoms with E-state index in [2.05, 4.69) is 19.8 Å². The Balaban J connectivity index is 0.000000286. The molecule has 0 bridgehead atoms. The smallest absolute Gasteiger partial charge is 0.475 e. The lowest BCUT2D eigenvalue weighted by Gasteiger charge is -2.40. The zero-order valence-electron chi connectivity index (χ0n) is 19.1. The molecule has 2 aromatic rings. The third kappa shape index (κ3) is 9.51. The number of likely N-dealkylation sites (tertiary alicyclic amines) is 1. The second-order valence-corrected chi connectivity index (χ2v) is 8.42. The summed E-state index contributed by atoms with van der Waals surface area (Å²) in [4.78, 5) is 30.8. The second kappa shape index (κ2) is 12.2. The van der Waals surface area contributed by atoms with Crippen molar-refractivity contribution >= 4 is 17.9 Å². The van der Waals surface area contributed by atoms with Gasteiger partial charge >= 0.3 is 24.3 Å². The van der Waals surface area contributed by atoms with Crippen molar-refractivity contribution in [1.82, 2.24) is 14.9 Å². The molecule has 1 atom stereocenters. The number of hydrogen-bond acceptors (Lipinski definition) is 7. The van der Waals surface area contributed by atoms with E-state index in [1.165, 1.54) is 30.8 Å². The molecule has 0 aromatic carbocycles. The van der Waals surface area contributed by atoms with E-state index in [-0.39, 0.29) is 5.82 Å². The predicted octanol–water partition coefficient (Wildman–Crippen LogP) is 3.97. The van der Waals surface area contributed by atoms with Gasteiger partial charge in [-0.25, -0.2) is 23.9 Å². The Kier molecular flexibility index (Phi) is 9.83. The molecule has 2 aliphatic rings. The van der Waals surface area contributed by atoms with Crippen molar-refractivity contribution in [2.24, 2.45) is 5.41 Å². The minimum absolute atomic E-state index is 0.305. The Labute approximate surface area is 205 Å². The van der Waals surface area contributed by atoms with Crippen LogP contribution in [0.5, 0.6) is 0 Å². The second-order valence-electron chi connectivity index (χ2n) is 8.42. The first-order chi connectivity index (χ1) is 17.1. The highest BCUT2D eigenvalue weighted by atomic mass is 19.4. The van der Waals surface area contributed by atoms with Gasteiger partial charge in [0.1, 0.15) is 0 Å². The van der Waals surface area contributed by atoms with E-state index >= 15 is 0 Å². The van der Waals surface area contributed by atoms with E-state index in [4.69, 9.17) is 24.2 Å². The molecule has 1 unspecified atom stereocenters. The predicted molar refractivity (Wildman–Crippen MR) is 112 cm³/mol. The van der Waals surface area contributed by atoms with Gasteiger partial charge in [-0.05, 0) is 31.9 Å². The summed E-state index contributed by atoms with van der Waals surface area (Å²) in [7, 11) is 0. The SMILES string of the molecule is Fc1cnc(N2CCCC3(CCN(Cc4ccoc4)C3)C2)nc1.O=C(O)C(F)(F)F.O=C(O)C(F)(F)F. The number of aromatic nitrogens is 2. The van der Waals surface area contributed by atoms with Gasteiger partial charge in [-0.1, -0.05) is 0 Å². The first-order valence-electron chi connectivity index (χ1n) is 10.7. The molecule has 37 heavy (non-hydrogen) atoms. The number of rotatable bonds is 3. The number of carbonyl (C=O) groups is 2. The fraction of sp³-hybridized carbons (Fsp3) is 0.524. The standard InChI is InChI=1S/C17H21FN4O.2C2HF3O2/c18-15-8-19-16(20-9-15)22-5-1-3-17(13-22)4-6-21(12-17)10-14-2-7-23-11-14;2*3-2(4,5)1(6)7/h2,7-9,11H,1,3-6,10,12-13H2;2*(H,6,7). The number of furan rings is 1. The lowest BCUT2D eigenvalue weighted by atomic mass is 9.79. The average molecular weight is 544 g/mol. The number of halogens is 7. The molecule has 0 radical (unpaired) electrons. The topological polar surface area (TPSA) is 120 Å². The maximum atomic E-state index is 13.0. The molecule has 16 heteroatoms. The summed E-state index contributed by atoms with van der Waals surface area (Å²) in [6.07, 6.45) is -0.526. The minimum Gasteiger partial charge on any atom is -0.475 e. The van der Waals surface area contributed by atoms with E-state index in [1.54, 1.807) is 6.26 Å². The summed E-state index contributed by atoms with van der Waals surface area (Å²) in [6, 6.07) is 2.03. The first kappa shape index (κ1) is 29.8. The molecular weight excluding hydrogens is 521 g/mol. The van der Waals surface area contributed by atoms with Crippen molar-refractivity contribution in [3.8, 4) is 0 Å². The molecule has 206 valence electrons. The van der Waals surface area contributed by atoms with Crippen LogP contribution in [0.3, 0.4) is 0 Å². The average Bonchev–Trinajstić information content (AvgIpc) is 3.44. The molecule has 2 N–H and O–H groups in total. The number of aliphatic carboxylic acids is 2. The third-order valence-corrected chi connectivity index (χ3v) is 5.54. The molecule has 2 saturated heterocycles. The van der Waals surface area contributed by atoms with E-state index in [0.29, 0.717) is 11.4 Å². The van der Waals surface area contributed by atoms with Crippen LogP contribution in [0.1, 0.15) is 24.8 Å². The van der Waals surface area contributed by atoms with Crippen LogP contribution in [-0.4, -0.2) is 75.6 Å². The van der Waals surface area contributed by atoms with Crippen LogP contribution in [-0.2, 0) is 16.1 Å². The molecule has 0 saturated carbocycles. The fourth-order valence-electron chi connectivity index (χ4n) is 3.98. The molecule has 2 aromatic heterocycles. The Hall–Kier alpha value is -3.43. The van der Waals surface area contributed by atoms with Crippen molar-refractivity contribution in [3.63, 3.8) is 0 Å². The Bertz CT molecular complexity index is 992. The van der Waals surface area contributed by atoms with E-state index in [1.807, 2.05) is 12.3 Å². The van der Waals surface area contributed by atoms with Crippen molar-refractivity contribution in [2.75, 3.05) is 31.1 Å². The highest BCUT2D eigenvalue weighted by Gasteiger charge is 2.42. The van der Waals surface area contributed by atoms with Gasteiger partial charge in [0, 0.05) is 37.2 Å². The van der Waals surface area contributed by atoms with Gasteiger partial charge in [-0.15, -0.1) is 0 Å². The molecule has 1 spiro atoms. The van der Waals surface area contributed by atoms with Gasteiger partial charge in [0.2, 0.25) is 5.95 Å². The molecule has 4 heterocycles. The summed E-state index contributed by atoms with van der Waals surface area (Å²) in [6.45, 7) is 5.07. The highest BCUT2D eigenvalue weighted by molar-refractivity contribution is 5.73. The van der Waals surface area contributed by atoms with Crippen LogP contribution < -0.4 is 4.90 Å². The van der Waals surface area contributed by atoms with Crippen molar-refractivity contribution in [2.45, 2.75) is 38.2 Å². The number of hydrogen-bond donors (Lipinski definition) is 2. The van der Waals surface area contributed by atoms with E-state index in [0.717, 1.165) is 39.1 Å². The largest absolute Gasteiger partial charge is 0.490 e. The van der Waals surface area contributed by atoms with Gasteiger partial charge in [0.15, 0.2) is 5.82 Å². The number of carboxylic acids is 2. The van der Waals surface area contributed by atoms with Gasteiger partial charge in [-0.2, -0.15) is 26.3 Å². The van der Waals surface area contributed by atoms with Gasteiger partial charge < -0.3 is 19.5 Å². The summed E-state index contributed by atoms with van der Waals surface area (Å²) >= 11 is 0. The van der Waals surface area contributed by atoms with Crippen LogP contribution >= 0.6 is 0 Å². The third-order valence-electron chi connectivity index (χ3n) is 5.54. The zero-order valence-corrected chi connectivity index (χ0v) is 19.1. The fourth-order valence-corrected chi connectivity index (χ4v) is 3.98. The quantitative estimate of drug-likeness (QED) is 0.553. The first-order valence-corrected chi connectivity index (χ1v) is 10.7. The summed E-state index contributed by atoms with van der Waals surface area (Å²) in [5, 5.41) is 14.2. The molecular formula is C21H23F7N4O5. The summed E-state index contributed by atoms with van der Waals surface area (Å²) in [5.74, 6) is -5.24. The van der Waals surface area contributed by atoms with Crippen LogP contribution in [0.25, 0.3) is 0 Å². The Morgan fingerprint density at radius 1 is 0.973 bits per heavy atom. The Morgan fingerprint density at radius 3 is 2.03 bits per heavy atom. The zero-order chi connectivity index (χ0) is 27.9. The lowest BCUT2D eigenvalue weighted by molar-refractivity contribution is -0.193. The monoisotopic (exact) mass is 544 g/mol. The van der Waals surface area contributed by atoms with E-state index < -0.39 is 24.3 Å². The Morgan fingerprint density at radius 2 is 1.54 bits per heavy atom.